The number of hydrogen-bond donors (Lipinski definition) is 1. The Morgan fingerprint density at radius 1 is 1.39 bits per heavy atom. The Morgan fingerprint density at radius 3 is 2.72 bits per heavy atom. The van der Waals surface area contributed by atoms with Crippen LogP contribution < -0.4 is 5.69 Å². The molecule has 0 saturated carbocycles. The van der Waals surface area contributed by atoms with E-state index in [1.54, 1.807) is 17.0 Å². The van der Waals surface area contributed by atoms with E-state index in [1.807, 2.05) is 6.92 Å². The van der Waals surface area contributed by atoms with E-state index in [0.29, 0.717) is 12.3 Å². The van der Waals surface area contributed by atoms with E-state index in [9.17, 15) is 9.59 Å². The number of aryl methyl sites for hydroxylation is 1. The van der Waals surface area contributed by atoms with Gasteiger partial charge in [-0.2, -0.15) is 0 Å². The lowest BCUT2D eigenvalue weighted by atomic mass is 10.3. The zero-order valence-electron chi connectivity index (χ0n) is 10.00. The molecule has 0 unspecified atom stereocenters. The summed E-state index contributed by atoms with van der Waals surface area (Å²) in [6.45, 7) is 2.91. The second-order valence-electron chi connectivity index (χ2n) is 4.01. The van der Waals surface area contributed by atoms with Crippen molar-refractivity contribution in [3.63, 3.8) is 0 Å². The summed E-state index contributed by atoms with van der Waals surface area (Å²) in [5, 5.41) is 8.76. The molecule has 0 atom stereocenters. The molecule has 0 aromatic carbocycles. The summed E-state index contributed by atoms with van der Waals surface area (Å²) in [6.07, 6.45) is 5.44. The normalized spacial score (nSPS) is 10.7. The first-order chi connectivity index (χ1) is 8.61. The molecule has 0 aliphatic carbocycles. The summed E-state index contributed by atoms with van der Waals surface area (Å²) < 4.78 is 8.20. The second-order valence-corrected chi connectivity index (χ2v) is 4.01. The van der Waals surface area contributed by atoms with E-state index in [1.165, 1.54) is 16.9 Å². The fraction of sp³-hybridized carbons (Fsp3) is 0.333. The van der Waals surface area contributed by atoms with Gasteiger partial charge in [0.05, 0.1) is 12.1 Å². The Bertz CT molecular complexity index is 606. The van der Waals surface area contributed by atoms with Crippen molar-refractivity contribution in [3.05, 3.63) is 46.5 Å². The lowest BCUT2D eigenvalue weighted by Crippen LogP contribution is -2.24. The average Bonchev–Trinajstić information content (AvgIpc) is 2.91. The molecule has 2 aromatic rings. The Labute approximate surface area is 103 Å². The van der Waals surface area contributed by atoms with Crippen molar-refractivity contribution in [2.45, 2.75) is 26.4 Å². The minimum Gasteiger partial charge on any atom is -0.478 e. The molecule has 0 amide bonds. The maximum atomic E-state index is 11.9. The molecule has 2 aromatic heterocycles. The summed E-state index contributed by atoms with van der Waals surface area (Å²) in [5.74, 6) is -0.593. The van der Waals surface area contributed by atoms with Gasteiger partial charge in [0.1, 0.15) is 12.0 Å². The zero-order chi connectivity index (χ0) is 13.1. The first kappa shape index (κ1) is 12.2. The highest BCUT2D eigenvalue weighted by Gasteiger charge is 2.10. The summed E-state index contributed by atoms with van der Waals surface area (Å²) in [6, 6.07) is 1.42. The highest BCUT2D eigenvalue weighted by atomic mass is 16.4. The first-order valence-electron chi connectivity index (χ1n) is 5.68. The summed E-state index contributed by atoms with van der Waals surface area (Å²) in [7, 11) is 0. The molecular weight excluding hydrogens is 236 g/mol. The van der Waals surface area contributed by atoms with Crippen LogP contribution >= 0.6 is 0 Å². The van der Waals surface area contributed by atoms with E-state index < -0.39 is 5.97 Å². The quantitative estimate of drug-likeness (QED) is 0.870. The third-order valence-corrected chi connectivity index (χ3v) is 2.61. The van der Waals surface area contributed by atoms with Gasteiger partial charge in [0.25, 0.3) is 0 Å². The Morgan fingerprint density at radius 2 is 2.11 bits per heavy atom. The molecule has 0 radical (unpaired) electrons. The van der Waals surface area contributed by atoms with Crippen LogP contribution in [0, 0.1) is 0 Å². The van der Waals surface area contributed by atoms with Crippen molar-refractivity contribution >= 4 is 5.97 Å². The maximum Gasteiger partial charge on any atom is 0.338 e. The topological polar surface area (TPSA) is 77.4 Å². The van der Waals surface area contributed by atoms with Gasteiger partial charge in [-0.15, -0.1) is 0 Å². The number of rotatable bonds is 5. The van der Waals surface area contributed by atoms with Crippen LogP contribution in [0.1, 0.15) is 29.5 Å². The second kappa shape index (κ2) is 4.95. The zero-order valence-corrected chi connectivity index (χ0v) is 10.00. The van der Waals surface area contributed by atoms with Crippen LogP contribution in [0.2, 0.25) is 0 Å². The van der Waals surface area contributed by atoms with E-state index in [2.05, 4.69) is 0 Å². The number of carboxylic acids is 1. The number of nitrogens with zero attached hydrogens (tertiary/aromatic N) is 2. The number of imidazole rings is 1. The number of carboxylic acid groups (broad SMARTS) is 1. The average molecular weight is 250 g/mol. The molecule has 2 heterocycles. The monoisotopic (exact) mass is 250 g/mol. The van der Waals surface area contributed by atoms with Gasteiger partial charge in [0.2, 0.25) is 0 Å². The van der Waals surface area contributed by atoms with Crippen LogP contribution in [-0.4, -0.2) is 20.2 Å². The van der Waals surface area contributed by atoms with Gasteiger partial charge in [-0.1, -0.05) is 6.92 Å². The van der Waals surface area contributed by atoms with E-state index in [0.717, 1.165) is 6.42 Å². The molecule has 6 nitrogen and oxygen atoms in total. The predicted molar refractivity (Wildman–Crippen MR) is 63.8 cm³/mol. The van der Waals surface area contributed by atoms with Gasteiger partial charge in [-0.25, -0.2) is 9.59 Å². The molecule has 96 valence electrons. The molecule has 0 saturated heterocycles. The predicted octanol–water partition coefficient (Wildman–Crippen LogP) is 1.40. The molecule has 18 heavy (non-hydrogen) atoms. The van der Waals surface area contributed by atoms with Crippen LogP contribution in [0.3, 0.4) is 0 Å². The van der Waals surface area contributed by atoms with Crippen molar-refractivity contribution < 1.29 is 14.3 Å². The van der Waals surface area contributed by atoms with Crippen molar-refractivity contribution in [1.29, 1.82) is 0 Å². The number of aromatic nitrogens is 2. The molecule has 0 aliphatic heterocycles. The SMILES string of the molecule is CCCn1ccn(Cc2cc(C(=O)O)co2)c1=O. The van der Waals surface area contributed by atoms with Crippen molar-refractivity contribution in [3.8, 4) is 0 Å². The smallest absolute Gasteiger partial charge is 0.338 e. The summed E-state index contributed by atoms with van der Waals surface area (Å²) in [4.78, 5) is 22.6. The third-order valence-electron chi connectivity index (χ3n) is 2.61. The highest BCUT2D eigenvalue weighted by molar-refractivity contribution is 5.87. The number of aromatic carboxylic acids is 1. The first-order valence-corrected chi connectivity index (χ1v) is 5.68. The van der Waals surface area contributed by atoms with Gasteiger partial charge in [-0.3, -0.25) is 9.13 Å². The lowest BCUT2D eigenvalue weighted by molar-refractivity contribution is 0.0696. The standard InChI is InChI=1S/C12H14N2O4/c1-2-3-13-4-5-14(12(13)17)7-10-6-9(8-18-10)11(15)16/h4-6,8H,2-3,7H2,1H3,(H,15,16). The minimum absolute atomic E-state index is 0.0889. The van der Waals surface area contributed by atoms with Crippen LogP contribution in [-0.2, 0) is 13.1 Å². The van der Waals surface area contributed by atoms with Gasteiger partial charge >= 0.3 is 11.7 Å². The van der Waals surface area contributed by atoms with E-state index >= 15 is 0 Å². The Kier molecular flexibility index (Phi) is 3.36. The van der Waals surface area contributed by atoms with Crippen LogP contribution in [0.4, 0.5) is 0 Å². The molecule has 0 bridgehead atoms. The summed E-state index contributed by atoms with van der Waals surface area (Å²) >= 11 is 0. The molecular formula is C12H14N2O4. The van der Waals surface area contributed by atoms with Crippen molar-refractivity contribution in [2.75, 3.05) is 0 Å². The third kappa shape index (κ3) is 2.37. The largest absolute Gasteiger partial charge is 0.478 e. The Balaban J connectivity index is 2.18. The fourth-order valence-electron chi connectivity index (χ4n) is 1.73. The molecule has 0 fully saturated rings. The molecule has 6 heteroatoms. The highest BCUT2D eigenvalue weighted by Crippen LogP contribution is 2.08. The number of furan rings is 1. The van der Waals surface area contributed by atoms with Gasteiger partial charge in [0.15, 0.2) is 0 Å². The van der Waals surface area contributed by atoms with Gasteiger partial charge in [0, 0.05) is 18.9 Å². The minimum atomic E-state index is -1.04. The fourth-order valence-corrected chi connectivity index (χ4v) is 1.73. The van der Waals surface area contributed by atoms with Crippen molar-refractivity contribution in [1.82, 2.24) is 9.13 Å². The number of carbonyl (C=O) groups is 1. The van der Waals surface area contributed by atoms with Crippen molar-refractivity contribution in [2.24, 2.45) is 0 Å². The summed E-state index contributed by atoms with van der Waals surface area (Å²) in [5.41, 5.74) is -0.0313. The molecule has 1 N–H and O–H groups in total. The number of hydrogen-bond acceptors (Lipinski definition) is 3. The lowest BCUT2D eigenvalue weighted by Gasteiger charge is -1.98. The molecule has 2 rings (SSSR count). The maximum absolute atomic E-state index is 11.9. The van der Waals surface area contributed by atoms with Crippen LogP contribution in [0.25, 0.3) is 0 Å². The van der Waals surface area contributed by atoms with E-state index in [-0.39, 0.29) is 17.8 Å². The molecule has 0 aliphatic rings. The Hall–Kier alpha value is -2.24. The van der Waals surface area contributed by atoms with Crippen LogP contribution in [0.5, 0.6) is 0 Å². The molecule has 0 spiro atoms. The van der Waals surface area contributed by atoms with Gasteiger partial charge < -0.3 is 9.52 Å². The van der Waals surface area contributed by atoms with E-state index in [4.69, 9.17) is 9.52 Å². The van der Waals surface area contributed by atoms with Crippen LogP contribution in [0.15, 0.2) is 33.9 Å². The van der Waals surface area contributed by atoms with Gasteiger partial charge in [-0.05, 0) is 12.5 Å².